The van der Waals surface area contributed by atoms with Crippen LogP contribution in [0.25, 0.3) is 0 Å². The minimum absolute atomic E-state index is 0.103. The minimum atomic E-state index is -3.49. The summed E-state index contributed by atoms with van der Waals surface area (Å²) in [4.78, 5) is 11.4. The summed E-state index contributed by atoms with van der Waals surface area (Å²) < 4.78 is 26.6. The molecule has 0 radical (unpaired) electrons. The van der Waals surface area contributed by atoms with E-state index in [2.05, 4.69) is 10.0 Å². The first-order valence-electron chi connectivity index (χ1n) is 6.31. The molecular weight excluding hydrogens is 264 g/mol. The molecule has 106 valence electrons. The second kappa shape index (κ2) is 6.68. The van der Waals surface area contributed by atoms with Crippen molar-refractivity contribution in [2.75, 3.05) is 5.32 Å². The predicted octanol–water partition coefficient (Wildman–Crippen LogP) is 2.11. The maximum atomic E-state index is 12.0. The first kappa shape index (κ1) is 15.7. The Kier molecular flexibility index (Phi) is 5.50. The van der Waals surface area contributed by atoms with Crippen molar-refractivity contribution in [3.05, 3.63) is 24.3 Å². The van der Waals surface area contributed by atoms with E-state index in [1.54, 1.807) is 19.1 Å². The zero-order valence-electron chi connectivity index (χ0n) is 11.4. The van der Waals surface area contributed by atoms with Gasteiger partial charge in [0.1, 0.15) is 0 Å². The molecule has 0 aliphatic carbocycles. The van der Waals surface area contributed by atoms with E-state index in [-0.39, 0.29) is 16.8 Å². The molecule has 6 heteroatoms. The number of anilines is 1. The van der Waals surface area contributed by atoms with Crippen LogP contribution in [0.4, 0.5) is 5.69 Å². The molecular formula is C13H20N2O3S. The Morgan fingerprint density at radius 1 is 1.21 bits per heavy atom. The molecule has 1 aromatic carbocycles. The van der Waals surface area contributed by atoms with E-state index < -0.39 is 10.0 Å². The van der Waals surface area contributed by atoms with Gasteiger partial charge in [0.15, 0.2) is 0 Å². The molecule has 2 N–H and O–H groups in total. The third kappa shape index (κ3) is 4.65. The SMILES string of the molecule is CCC(=O)Nc1ccc(S(=O)(=O)N[C@@H](C)CC)cc1. The van der Waals surface area contributed by atoms with Gasteiger partial charge in [-0.3, -0.25) is 4.79 Å². The fourth-order valence-electron chi connectivity index (χ4n) is 1.38. The fraction of sp³-hybridized carbons (Fsp3) is 0.462. The van der Waals surface area contributed by atoms with Gasteiger partial charge in [0.2, 0.25) is 15.9 Å². The van der Waals surface area contributed by atoms with E-state index in [1.807, 2.05) is 13.8 Å². The van der Waals surface area contributed by atoms with Gasteiger partial charge in [0.25, 0.3) is 0 Å². The standard InChI is InChI=1S/C13H20N2O3S/c1-4-10(3)15-19(17,18)12-8-6-11(7-9-12)14-13(16)5-2/h6-10,15H,4-5H2,1-3H3,(H,14,16)/t10-/m0/s1. The third-order valence-corrected chi connectivity index (χ3v) is 4.34. The lowest BCUT2D eigenvalue weighted by atomic mass is 10.3. The number of sulfonamides is 1. The second-order valence-electron chi connectivity index (χ2n) is 4.36. The van der Waals surface area contributed by atoms with Crippen LogP contribution < -0.4 is 10.0 Å². The van der Waals surface area contributed by atoms with Crippen molar-refractivity contribution in [2.45, 2.75) is 44.6 Å². The van der Waals surface area contributed by atoms with E-state index in [0.29, 0.717) is 12.1 Å². The number of benzene rings is 1. The lowest BCUT2D eigenvalue weighted by Crippen LogP contribution is -2.31. The van der Waals surface area contributed by atoms with Gasteiger partial charge in [-0.05, 0) is 37.6 Å². The first-order chi connectivity index (χ1) is 8.89. The molecule has 0 bridgehead atoms. The first-order valence-corrected chi connectivity index (χ1v) is 7.79. The van der Waals surface area contributed by atoms with Crippen molar-refractivity contribution < 1.29 is 13.2 Å². The predicted molar refractivity (Wildman–Crippen MR) is 75.4 cm³/mol. The smallest absolute Gasteiger partial charge is 0.240 e. The minimum Gasteiger partial charge on any atom is -0.326 e. The van der Waals surface area contributed by atoms with E-state index in [0.717, 1.165) is 6.42 Å². The van der Waals surface area contributed by atoms with Crippen LogP contribution in [0.3, 0.4) is 0 Å². The highest BCUT2D eigenvalue weighted by Crippen LogP contribution is 2.14. The zero-order chi connectivity index (χ0) is 14.5. The van der Waals surface area contributed by atoms with Crippen LogP contribution in [0.1, 0.15) is 33.6 Å². The summed E-state index contributed by atoms with van der Waals surface area (Å²) in [7, 11) is -3.49. The number of amides is 1. The molecule has 0 saturated carbocycles. The molecule has 0 aromatic heterocycles. The molecule has 0 heterocycles. The number of carbonyl (C=O) groups is 1. The molecule has 1 amide bonds. The highest BCUT2D eigenvalue weighted by atomic mass is 32.2. The van der Waals surface area contributed by atoms with Crippen LogP contribution >= 0.6 is 0 Å². The number of nitrogens with one attached hydrogen (secondary N) is 2. The van der Waals surface area contributed by atoms with E-state index >= 15 is 0 Å². The normalized spacial score (nSPS) is 13.0. The Morgan fingerprint density at radius 2 is 1.79 bits per heavy atom. The van der Waals surface area contributed by atoms with Gasteiger partial charge in [-0.1, -0.05) is 13.8 Å². The molecule has 0 saturated heterocycles. The molecule has 0 aliphatic heterocycles. The van der Waals surface area contributed by atoms with Crippen molar-refractivity contribution >= 4 is 21.6 Å². The van der Waals surface area contributed by atoms with Crippen molar-refractivity contribution in [3.8, 4) is 0 Å². The van der Waals surface area contributed by atoms with Gasteiger partial charge < -0.3 is 5.32 Å². The van der Waals surface area contributed by atoms with E-state index in [9.17, 15) is 13.2 Å². The van der Waals surface area contributed by atoms with Crippen LogP contribution in [0.2, 0.25) is 0 Å². The summed E-state index contributed by atoms with van der Waals surface area (Å²) in [5, 5.41) is 2.67. The molecule has 0 spiro atoms. The van der Waals surface area contributed by atoms with Gasteiger partial charge in [0, 0.05) is 18.2 Å². The Balaban J connectivity index is 2.83. The number of hydrogen-bond donors (Lipinski definition) is 2. The third-order valence-electron chi connectivity index (χ3n) is 2.74. The topological polar surface area (TPSA) is 75.3 Å². The van der Waals surface area contributed by atoms with Gasteiger partial charge >= 0.3 is 0 Å². The van der Waals surface area contributed by atoms with Crippen molar-refractivity contribution in [1.82, 2.24) is 4.72 Å². The fourth-order valence-corrected chi connectivity index (χ4v) is 2.71. The molecule has 1 aromatic rings. The Hall–Kier alpha value is -1.40. The summed E-state index contributed by atoms with van der Waals surface area (Å²) in [5.74, 6) is -0.103. The maximum Gasteiger partial charge on any atom is 0.240 e. The Morgan fingerprint density at radius 3 is 2.26 bits per heavy atom. The summed E-state index contributed by atoms with van der Waals surface area (Å²) in [5.41, 5.74) is 0.592. The molecule has 0 aliphatic rings. The second-order valence-corrected chi connectivity index (χ2v) is 6.07. The summed E-state index contributed by atoms with van der Waals surface area (Å²) in [6.07, 6.45) is 1.11. The highest BCUT2D eigenvalue weighted by molar-refractivity contribution is 7.89. The number of hydrogen-bond acceptors (Lipinski definition) is 3. The monoisotopic (exact) mass is 284 g/mol. The van der Waals surface area contributed by atoms with Crippen LogP contribution in [0, 0.1) is 0 Å². The largest absolute Gasteiger partial charge is 0.326 e. The molecule has 1 atom stereocenters. The number of rotatable bonds is 6. The van der Waals surface area contributed by atoms with Crippen LogP contribution in [-0.4, -0.2) is 20.4 Å². The van der Waals surface area contributed by atoms with Crippen LogP contribution in [-0.2, 0) is 14.8 Å². The molecule has 5 nitrogen and oxygen atoms in total. The van der Waals surface area contributed by atoms with E-state index in [4.69, 9.17) is 0 Å². The van der Waals surface area contributed by atoms with E-state index in [1.165, 1.54) is 12.1 Å². The van der Waals surface area contributed by atoms with Gasteiger partial charge in [-0.2, -0.15) is 0 Å². The molecule has 19 heavy (non-hydrogen) atoms. The Labute approximate surface area is 114 Å². The van der Waals surface area contributed by atoms with Crippen molar-refractivity contribution in [1.29, 1.82) is 0 Å². The van der Waals surface area contributed by atoms with Crippen LogP contribution in [0.5, 0.6) is 0 Å². The van der Waals surface area contributed by atoms with Crippen molar-refractivity contribution in [3.63, 3.8) is 0 Å². The summed E-state index contributed by atoms with van der Waals surface area (Å²) >= 11 is 0. The lowest BCUT2D eigenvalue weighted by Gasteiger charge is -2.12. The van der Waals surface area contributed by atoms with Gasteiger partial charge in [-0.25, -0.2) is 13.1 Å². The van der Waals surface area contributed by atoms with Crippen molar-refractivity contribution in [2.24, 2.45) is 0 Å². The van der Waals surface area contributed by atoms with Crippen LogP contribution in [0.15, 0.2) is 29.2 Å². The number of carbonyl (C=O) groups excluding carboxylic acids is 1. The zero-order valence-corrected chi connectivity index (χ0v) is 12.3. The van der Waals surface area contributed by atoms with Gasteiger partial charge in [0.05, 0.1) is 4.90 Å². The lowest BCUT2D eigenvalue weighted by molar-refractivity contribution is -0.115. The average molecular weight is 284 g/mol. The van der Waals surface area contributed by atoms with Gasteiger partial charge in [-0.15, -0.1) is 0 Å². The molecule has 0 fully saturated rings. The quantitative estimate of drug-likeness (QED) is 0.840. The summed E-state index contributed by atoms with van der Waals surface area (Å²) in [6.45, 7) is 5.48. The maximum absolute atomic E-state index is 12.0. The summed E-state index contributed by atoms with van der Waals surface area (Å²) in [6, 6.07) is 6.02. The Bertz CT molecular complexity index is 523. The molecule has 0 unspecified atom stereocenters. The average Bonchev–Trinajstić information content (AvgIpc) is 2.38. The molecule has 1 rings (SSSR count). The highest BCUT2D eigenvalue weighted by Gasteiger charge is 2.16.